The van der Waals surface area contributed by atoms with Crippen LogP contribution in [0.1, 0.15) is 129 Å². The molecule has 350 valence electrons. The van der Waals surface area contributed by atoms with Crippen molar-refractivity contribution >= 4 is 21.8 Å². The van der Waals surface area contributed by atoms with E-state index in [1.165, 1.54) is 27.8 Å². The number of para-hydroxylation sites is 1. The molecule has 0 N–H and O–H groups in total. The first-order chi connectivity index (χ1) is 31.7. The van der Waals surface area contributed by atoms with E-state index < -0.39 is 0 Å². The van der Waals surface area contributed by atoms with Gasteiger partial charge in [-0.2, -0.15) is 12.1 Å². The van der Waals surface area contributed by atoms with Crippen molar-refractivity contribution in [2.45, 2.75) is 118 Å². The summed E-state index contributed by atoms with van der Waals surface area (Å²) in [6, 6.07) is 55.1. The Morgan fingerprint density at radius 3 is 1.93 bits per heavy atom. The number of nitrogens with zero attached hydrogens (tertiary/aromatic N) is 4. The van der Waals surface area contributed by atoms with Gasteiger partial charge >= 0.3 is 0 Å². The van der Waals surface area contributed by atoms with E-state index in [0.29, 0.717) is 17.4 Å². The van der Waals surface area contributed by atoms with E-state index in [9.17, 15) is 0 Å². The summed E-state index contributed by atoms with van der Waals surface area (Å²) in [5.41, 5.74) is 13.0. The van der Waals surface area contributed by atoms with E-state index in [1.807, 2.05) is 12.3 Å². The van der Waals surface area contributed by atoms with E-state index in [1.54, 1.807) is 0 Å². The molecule has 0 unspecified atom stereocenters. The fourth-order valence-corrected chi connectivity index (χ4v) is 9.20. The van der Waals surface area contributed by atoms with Gasteiger partial charge in [-0.05, 0) is 96.9 Å². The Bertz CT molecular complexity index is 3240. The average molecular weight is 1080 g/mol. The number of aromatic nitrogens is 4. The molecule has 0 radical (unpaired) electrons. The van der Waals surface area contributed by atoms with Gasteiger partial charge in [-0.3, -0.25) is 4.57 Å². The van der Waals surface area contributed by atoms with Crippen LogP contribution in [0.15, 0.2) is 146 Å². The fourth-order valence-electron chi connectivity index (χ4n) is 9.20. The van der Waals surface area contributed by atoms with Crippen molar-refractivity contribution in [2.75, 3.05) is 0 Å². The molecule has 0 amide bonds. The molecule has 3 aromatic heterocycles. The zero-order valence-corrected chi connectivity index (χ0v) is 44.2. The van der Waals surface area contributed by atoms with Crippen LogP contribution in [-0.2, 0) is 42.7 Å². The Morgan fingerprint density at radius 2 is 1.25 bits per heavy atom. The Labute approximate surface area is 419 Å². The normalized spacial score (nSPS) is 12.5. The van der Waals surface area contributed by atoms with Crippen molar-refractivity contribution in [3.05, 3.63) is 198 Å². The fraction of sp³-hybridized carbons (Fsp3) is 0.290. The van der Waals surface area contributed by atoms with E-state index in [-0.39, 0.29) is 42.7 Å². The van der Waals surface area contributed by atoms with Crippen molar-refractivity contribution in [3.63, 3.8) is 0 Å². The minimum absolute atomic E-state index is 0. The zero-order chi connectivity index (χ0) is 47.6. The zero-order valence-electron chi connectivity index (χ0n) is 41.9. The smallest absolute Gasteiger partial charge is 0.267 e. The van der Waals surface area contributed by atoms with E-state index >= 15 is 0 Å². The first kappa shape index (κ1) is 48.4. The quantitative estimate of drug-likeness (QED) is 0.107. The maximum atomic E-state index is 6.95. The van der Waals surface area contributed by atoms with E-state index in [0.717, 1.165) is 55.8 Å². The van der Waals surface area contributed by atoms with Gasteiger partial charge in [-0.25, -0.2) is 4.98 Å². The molecule has 0 saturated carbocycles. The Hall–Kier alpha value is -6.03. The van der Waals surface area contributed by atoms with E-state index in [2.05, 4.69) is 256 Å². The van der Waals surface area contributed by atoms with Gasteiger partial charge in [0.25, 0.3) is 6.33 Å². The van der Waals surface area contributed by atoms with Crippen LogP contribution in [0.3, 0.4) is 0 Å². The second-order valence-electron chi connectivity index (χ2n) is 22.1. The predicted molar refractivity (Wildman–Crippen MR) is 277 cm³/mol. The molecule has 0 aliphatic rings. The van der Waals surface area contributed by atoms with Crippen LogP contribution in [0.2, 0.25) is 0 Å². The number of benzene rings is 6. The molecule has 0 saturated heterocycles. The molecular formula is C62H64N4OPt-2. The van der Waals surface area contributed by atoms with Gasteiger partial charge in [-0.1, -0.05) is 174 Å². The van der Waals surface area contributed by atoms with Crippen LogP contribution in [0.5, 0.6) is 11.5 Å². The molecule has 0 atom stereocenters. The number of fused-ring (bicyclic) bond motifs is 3. The molecule has 0 aliphatic heterocycles. The number of rotatable bonds is 9. The molecule has 6 aromatic carbocycles. The van der Waals surface area contributed by atoms with Crippen LogP contribution in [0.4, 0.5) is 0 Å². The molecule has 6 heteroatoms. The van der Waals surface area contributed by atoms with E-state index in [4.69, 9.17) is 9.72 Å². The summed E-state index contributed by atoms with van der Waals surface area (Å²) >= 11 is 0. The molecule has 0 aliphatic carbocycles. The van der Waals surface area contributed by atoms with Gasteiger partial charge in [-0.15, -0.1) is 35.2 Å². The summed E-state index contributed by atoms with van der Waals surface area (Å²) < 4.78 is 13.5. The molecule has 9 aromatic rings. The maximum Gasteiger partial charge on any atom is 0.267 e. The van der Waals surface area contributed by atoms with Crippen LogP contribution in [-0.4, -0.2) is 14.1 Å². The van der Waals surface area contributed by atoms with Crippen molar-refractivity contribution in [1.82, 2.24) is 14.1 Å². The first-order valence-electron chi connectivity index (χ1n) is 23.7. The van der Waals surface area contributed by atoms with Crippen LogP contribution >= 0.6 is 0 Å². The third-order valence-corrected chi connectivity index (χ3v) is 13.3. The predicted octanol–water partition coefficient (Wildman–Crippen LogP) is 15.4. The number of pyridine rings is 1. The summed E-state index contributed by atoms with van der Waals surface area (Å²) in [6.45, 7) is 29.6. The van der Waals surface area contributed by atoms with Gasteiger partial charge in [0.1, 0.15) is 5.82 Å². The largest absolute Gasteiger partial charge is 0.510 e. The molecule has 0 fully saturated rings. The molecule has 0 spiro atoms. The summed E-state index contributed by atoms with van der Waals surface area (Å²) in [5, 5.41) is 2.21. The molecule has 5 nitrogen and oxygen atoms in total. The Kier molecular flexibility index (Phi) is 12.9. The van der Waals surface area contributed by atoms with Crippen LogP contribution < -0.4 is 9.30 Å². The second kappa shape index (κ2) is 18.1. The molecule has 9 rings (SSSR count). The molecule has 68 heavy (non-hydrogen) atoms. The number of imidazole rings is 1. The SMILES string of the molecule is CC(C)c1ccccc1-c1cc(Oc2[c-]c3c(cc2)c2ccccc2n3-c2cc(C(C)(C)c3ccccc3)ccn2)[c-]c(-n2[c-][n+](-c3cc(C(C)(C)C)cc(C(C)(C)C)c3)c(C(C)(C)C)c2)c1.[Pt]. The standard InChI is InChI=1S/C62H64N4O.Pt/c1-41(2)51-23-17-18-24-52(51)42-31-47(64-39-57(61(9,10)11)65(40-64)48-34-45(59(3,4)5)33-46(35-48)60(6,7)8)37-50(32-42)67-49-27-28-54-53-25-19-20-26-55(53)66(56(54)38-49)58-36-44(29-30-63-58)62(12,13)43-21-15-14-16-22-43;/h14-36,39,41H,1-13H3;/q-2;. The van der Waals surface area contributed by atoms with Crippen molar-refractivity contribution in [2.24, 2.45) is 0 Å². The van der Waals surface area contributed by atoms with Crippen LogP contribution in [0.25, 0.3) is 50.1 Å². The summed E-state index contributed by atoms with van der Waals surface area (Å²) in [5.74, 6) is 2.32. The third kappa shape index (κ3) is 9.40. The number of ether oxygens (including phenoxy) is 1. The third-order valence-electron chi connectivity index (χ3n) is 13.3. The summed E-state index contributed by atoms with van der Waals surface area (Å²) in [6.07, 6.45) is 7.94. The topological polar surface area (TPSA) is 35.9 Å². The minimum Gasteiger partial charge on any atom is -0.510 e. The van der Waals surface area contributed by atoms with Gasteiger partial charge in [0, 0.05) is 55.9 Å². The Morgan fingerprint density at radius 1 is 0.588 bits per heavy atom. The van der Waals surface area contributed by atoms with Crippen molar-refractivity contribution < 1.29 is 30.4 Å². The maximum absolute atomic E-state index is 6.95. The molecular weight excluding hydrogens is 1010 g/mol. The van der Waals surface area contributed by atoms with Gasteiger partial charge < -0.3 is 13.9 Å². The average Bonchev–Trinajstić information content (AvgIpc) is 3.90. The Balaban J connectivity index is 0.00000625. The minimum atomic E-state index is -0.238. The molecule has 0 bridgehead atoms. The second-order valence-corrected chi connectivity index (χ2v) is 22.1. The summed E-state index contributed by atoms with van der Waals surface area (Å²) in [4.78, 5) is 4.98. The van der Waals surface area contributed by atoms with Gasteiger partial charge in [0.05, 0.1) is 11.4 Å². The van der Waals surface area contributed by atoms with Gasteiger partial charge in [0.2, 0.25) is 0 Å². The molecule has 3 heterocycles. The first-order valence-corrected chi connectivity index (χ1v) is 23.7. The number of hydrogen-bond donors (Lipinski definition) is 0. The number of hydrogen-bond acceptors (Lipinski definition) is 2. The summed E-state index contributed by atoms with van der Waals surface area (Å²) in [7, 11) is 0. The van der Waals surface area contributed by atoms with Crippen molar-refractivity contribution in [3.8, 4) is 39.8 Å². The van der Waals surface area contributed by atoms with Crippen LogP contribution in [0, 0.1) is 18.5 Å². The van der Waals surface area contributed by atoms with Gasteiger partial charge in [0.15, 0.2) is 0 Å². The van der Waals surface area contributed by atoms with Crippen molar-refractivity contribution in [1.29, 1.82) is 0 Å². The monoisotopic (exact) mass is 1080 g/mol.